The molecule has 2 fully saturated rings. The van der Waals surface area contributed by atoms with Gasteiger partial charge in [-0.05, 0) is 52.1 Å². The second-order valence-electron chi connectivity index (χ2n) is 6.76. The monoisotopic (exact) mass is 290 g/mol. The Bertz CT molecular complexity index is 509. The van der Waals surface area contributed by atoms with Crippen LogP contribution in [0, 0.1) is 13.8 Å². The summed E-state index contributed by atoms with van der Waals surface area (Å²) in [6.07, 6.45) is 8.57. The molecule has 3 rings (SSSR count). The van der Waals surface area contributed by atoms with Crippen LogP contribution in [0.15, 0.2) is 10.5 Å². The normalized spacial score (nSPS) is 25.0. The van der Waals surface area contributed by atoms with Crippen LogP contribution in [-0.4, -0.2) is 24.0 Å². The number of hydrogen-bond donors (Lipinski definition) is 2. The van der Waals surface area contributed by atoms with Crippen LogP contribution in [0.1, 0.15) is 66.8 Å². The van der Waals surface area contributed by atoms with Gasteiger partial charge in [-0.25, -0.2) is 0 Å². The Labute approximate surface area is 126 Å². The van der Waals surface area contributed by atoms with Gasteiger partial charge in [0.25, 0.3) is 5.91 Å². The summed E-state index contributed by atoms with van der Waals surface area (Å²) in [6.45, 7) is 4.74. The molecule has 0 bridgehead atoms. The fourth-order valence-electron chi connectivity index (χ4n) is 4.01. The van der Waals surface area contributed by atoms with Crippen molar-refractivity contribution in [2.75, 3.05) is 6.54 Å². The lowest BCUT2D eigenvalue weighted by atomic mass is 9.75. The second kappa shape index (κ2) is 5.84. The molecule has 1 amide bonds. The fraction of sp³-hybridized carbons (Fsp3) is 0.706. The van der Waals surface area contributed by atoms with Crippen LogP contribution in [0.25, 0.3) is 0 Å². The molecule has 1 saturated heterocycles. The molecular weight excluding hydrogens is 264 g/mol. The molecule has 21 heavy (non-hydrogen) atoms. The highest BCUT2D eigenvalue weighted by Gasteiger charge is 2.37. The molecule has 4 nitrogen and oxygen atoms in total. The zero-order valence-corrected chi connectivity index (χ0v) is 13.1. The van der Waals surface area contributed by atoms with E-state index < -0.39 is 0 Å². The van der Waals surface area contributed by atoms with E-state index in [1.807, 2.05) is 19.9 Å². The van der Waals surface area contributed by atoms with Crippen LogP contribution < -0.4 is 10.6 Å². The van der Waals surface area contributed by atoms with E-state index in [0.29, 0.717) is 11.3 Å². The molecule has 116 valence electrons. The Morgan fingerprint density at radius 3 is 2.76 bits per heavy atom. The number of carbonyl (C=O) groups excluding carboxylic acids is 1. The SMILES string of the molecule is Cc1cc(C(=O)NC2CCNC3(CCCCC3)C2)c(C)o1. The van der Waals surface area contributed by atoms with Crippen molar-refractivity contribution in [3.63, 3.8) is 0 Å². The number of rotatable bonds is 2. The van der Waals surface area contributed by atoms with E-state index in [1.165, 1.54) is 32.1 Å². The number of hydrogen-bond acceptors (Lipinski definition) is 3. The smallest absolute Gasteiger partial charge is 0.255 e. The first-order valence-electron chi connectivity index (χ1n) is 8.21. The predicted molar refractivity (Wildman–Crippen MR) is 82.5 cm³/mol. The Balaban J connectivity index is 1.64. The van der Waals surface area contributed by atoms with E-state index in [9.17, 15) is 4.79 Å². The maximum atomic E-state index is 12.4. The maximum Gasteiger partial charge on any atom is 0.255 e. The van der Waals surface area contributed by atoms with E-state index in [1.54, 1.807) is 0 Å². The van der Waals surface area contributed by atoms with Crippen LogP contribution >= 0.6 is 0 Å². The summed E-state index contributed by atoms with van der Waals surface area (Å²) in [4.78, 5) is 12.4. The molecule has 1 atom stereocenters. The molecular formula is C17H26N2O2. The third-order valence-corrected chi connectivity index (χ3v) is 5.06. The summed E-state index contributed by atoms with van der Waals surface area (Å²) in [5.74, 6) is 1.53. The molecule has 1 saturated carbocycles. The van der Waals surface area contributed by atoms with Crippen LogP contribution in [0.2, 0.25) is 0 Å². The third-order valence-electron chi connectivity index (χ3n) is 5.06. The molecule has 1 unspecified atom stereocenters. The zero-order valence-electron chi connectivity index (χ0n) is 13.1. The molecule has 1 aliphatic carbocycles. The van der Waals surface area contributed by atoms with Gasteiger partial charge in [-0.1, -0.05) is 19.3 Å². The van der Waals surface area contributed by atoms with E-state index in [2.05, 4.69) is 10.6 Å². The Kier molecular flexibility index (Phi) is 4.07. The number of aryl methyl sites for hydroxylation is 2. The minimum absolute atomic E-state index is 0.0159. The first kappa shape index (κ1) is 14.6. The highest BCUT2D eigenvalue weighted by molar-refractivity contribution is 5.95. The van der Waals surface area contributed by atoms with E-state index >= 15 is 0 Å². The zero-order chi connectivity index (χ0) is 14.9. The lowest BCUT2D eigenvalue weighted by Crippen LogP contribution is -2.57. The van der Waals surface area contributed by atoms with Crippen LogP contribution in [0.3, 0.4) is 0 Å². The summed E-state index contributed by atoms with van der Waals surface area (Å²) >= 11 is 0. The molecule has 2 N–H and O–H groups in total. The van der Waals surface area contributed by atoms with Crippen molar-refractivity contribution in [2.24, 2.45) is 0 Å². The minimum atomic E-state index is 0.0159. The highest BCUT2D eigenvalue weighted by Crippen LogP contribution is 2.34. The second-order valence-corrected chi connectivity index (χ2v) is 6.76. The summed E-state index contributed by atoms with van der Waals surface area (Å²) < 4.78 is 5.46. The summed E-state index contributed by atoms with van der Waals surface area (Å²) in [5.41, 5.74) is 0.958. The summed E-state index contributed by atoms with van der Waals surface area (Å²) in [5, 5.41) is 6.95. The van der Waals surface area contributed by atoms with E-state index in [-0.39, 0.29) is 17.5 Å². The minimum Gasteiger partial charge on any atom is -0.466 e. The van der Waals surface area contributed by atoms with Gasteiger partial charge >= 0.3 is 0 Å². The lowest BCUT2D eigenvalue weighted by Gasteiger charge is -2.44. The van der Waals surface area contributed by atoms with Crippen molar-refractivity contribution in [1.29, 1.82) is 0 Å². The highest BCUT2D eigenvalue weighted by atomic mass is 16.3. The number of carbonyl (C=O) groups is 1. The first-order chi connectivity index (χ1) is 10.1. The average Bonchev–Trinajstić information content (AvgIpc) is 2.79. The van der Waals surface area contributed by atoms with Crippen molar-refractivity contribution in [2.45, 2.75) is 70.4 Å². The fourth-order valence-corrected chi connectivity index (χ4v) is 4.01. The lowest BCUT2D eigenvalue weighted by molar-refractivity contribution is 0.0891. The van der Waals surface area contributed by atoms with Crippen LogP contribution in [0.5, 0.6) is 0 Å². The van der Waals surface area contributed by atoms with Crippen molar-refractivity contribution in [3.05, 3.63) is 23.2 Å². The van der Waals surface area contributed by atoms with Gasteiger partial charge in [0.2, 0.25) is 0 Å². The molecule has 4 heteroatoms. The molecule has 1 aromatic heterocycles. The van der Waals surface area contributed by atoms with Gasteiger partial charge in [-0.3, -0.25) is 4.79 Å². The first-order valence-corrected chi connectivity index (χ1v) is 8.21. The predicted octanol–water partition coefficient (Wildman–Crippen LogP) is 3.08. The van der Waals surface area contributed by atoms with Gasteiger partial charge in [0.1, 0.15) is 11.5 Å². The molecule has 1 spiro atoms. The van der Waals surface area contributed by atoms with Gasteiger partial charge < -0.3 is 15.1 Å². The Morgan fingerprint density at radius 1 is 1.33 bits per heavy atom. The quantitative estimate of drug-likeness (QED) is 0.880. The largest absolute Gasteiger partial charge is 0.466 e. The van der Waals surface area contributed by atoms with Crippen LogP contribution in [0.4, 0.5) is 0 Å². The molecule has 0 aromatic carbocycles. The topological polar surface area (TPSA) is 54.3 Å². The molecule has 1 aromatic rings. The van der Waals surface area contributed by atoms with Crippen molar-refractivity contribution in [3.8, 4) is 0 Å². The molecule has 0 radical (unpaired) electrons. The van der Waals surface area contributed by atoms with Crippen molar-refractivity contribution < 1.29 is 9.21 Å². The van der Waals surface area contributed by atoms with Gasteiger partial charge in [0, 0.05) is 11.6 Å². The van der Waals surface area contributed by atoms with Gasteiger partial charge in [-0.15, -0.1) is 0 Å². The maximum absolute atomic E-state index is 12.4. The van der Waals surface area contributed by atoms with Crippen LogP contribution in [-0.2, 0) is 0 Å². The number of amides is 1. The average molecular weight is 290 g/mol. The standard InChI is InChI=1S/C17H26N2O2/c1-12-10-15(13(2)21-12)16(20)19-14-6-9-18-17(11-14)7-4-3-5-8-17/h10,14,18H,3-9,11H2,1-2H3,(H,19,20). The molecule has 2 aliphatic rings. The number of piperidine rings is 1. The Hall–Kier alpha value is -1.29. The number of furan rings is 1. The third kappa shape index (κ3) is 3.15. The van der Waals surface area contributed by atoms with Crippen molar-refractivity contribution in [1.82, 2.24) is 10.6 Å². The summed E-state index contributed by atoms with van der Waals surface area (Å²) in [6, 6.07) is 2.12. The summed E-state index contributed by atoms with van der Waals surface area (Å²) in [7, 11) is 0. The molecule has 2 heterocycles. The van der Waals surface area contributed by atoms with Crippen molar-refractivity contribution >= 4 is 5.91 Å². The van der Waals surface area contributed by atoms with Gasteiger partial charge in [-0.2, -0.15) is 0 Å². The molecule has 1 aliphatic heterocycles. The van der Waals surface area contributed by atoms with Gasteiger partial charge in [0.05, 0.1) is 5.56 Å². The van der Waals surface area contributed by atoms with E-state index in [0.717, 1.165) is 25.1 Å². The number of nitrogens with one attached hydrogen (secondary N) is 2. The van der Waals surface area contributed by atoms with Gasteiger partial charge in [0.15, 0.2) is 0 Å². The Morgan fingerprint density at radius 2 is 2.10 bits per heavy atom. The van der Waals surface area contributed by atoms with E-state index in [4.69, 9.17) is 4.42 Å².